The first-order chi connectivity index (χ1) is 11.4. The second-order valence-corrected chi connectivity index (χ2v) is 7.54. The summed E-state index contributed by atoms with van der Waals surface area (Å²) >= 11 is 3.33. The predicted molar refractivity (Wildman–Crippen MR) is 94.4 cm³/mol. The third-order valence-electron chi connectivity index (χ3n) is 4.01. The smallest absolute Gasteiger partial charge is 0.293 e. The van der Waals surface area contributed by atoms with Crippen LogP contribution in [0.15, 0.2) is 28.7 Å². The first-order valence-electron chi connectivity index (χ1n) is 8.22. The Morgan fingerprint density at radius 2 is 1.71 bits per heavy atom. The normalized spacial score (nSPS) is 23.4. The molecule has 0 aromatic heterocycles. The van der Waals surface area contributed by atoms with Gasteiger partial charge in [-0.15, -0.1) is 0 Å². The molecule has 0 unspecified atom stereocenters. The molecular weight excluding hydrogens is 374 g/mol. The van der Waals surface area contributed by atoms with Crippen molar-refractivity contribution in [1.29, 1.82) is 0 Å². The number of carbonyl (C=O) groups is 2. The average molecular weight is 399 g/mol. The Kier molecular flexibility index (Phi) is 7.05. The maximum Gasteiger partial charge on any atom is 0.293 e. The van der Waals surface area contributed by atoms with Crippen molar-refractivity contribution >= 4 is 27.7 Å². The lowest BCUT2D eigenvalue weighted by Crippen LogP contribution is -3.15. The number of hydrazine groups is 1. The highest BCUT2D eigenvalue weighted by Gasteiger charge is 2.26. The Morgan fingerprint density at radius 1 is 1.12 bits per heavy atom. The van der Waals surface area contributed by atoms with Crippen molar-refractivity contribution in [1.82, 2.24) is 10.9 Å². The number of hydrogen-bond donors (Lipinski definition) is 3. The maximum atomic E-state index is 11.9. The van der Waals surface area contributed by atoms with E-state index in [1.165, 1.54) is 11.3 Å². The van der Waals surface area contributed by atoms with Gasteiger partial charge in [-0.25, -0.2) is 0 Å². The molecule has 1 aromatic carbocycles. The van der Waals surface area contributed by atoms with Gasteiger partial charge in [-0.2, -0.15) is 0 Å². The molecule has 0 saturated carbocycles. The third kappa shape index (κ3) is 6.49. The summed E-state index contributed by atoms with van der Waals surface area (Å²) in [4.78, 5) is 24.9. The van der Waals surface area contributed by atoms with Gasteiger partial charge in [-0.3, -0.25) is 20.4 Å². The highest BCUT2D eigenvalue weighted by atomic mass is 79.9. The molecule has 2 atom stereocenters. The lowest BCUT2D eigenvalue weighted by molar-refractivity contribution is -0.904. The zero-order valence-electron chi connectivity index (χ0n) is 14.1. The van der Waals surface area contributed by atoms with E-state index in [9.17, 15) is 9.59 Å². The van der Waals surface area contributed by atoms with Gasteiger partial charge in [0.25, 0.3) is 11.8 Å². The van der Waals surface area contributed by atoms with Crippen LogP contribution in [0.3, 0.4) is 0 Å². The van der Waals surface area contributed by atoms with E-state index in [-0.39, 0.29) is 18.4 Å². The van der Waals surface area contributed by atoms with Crippen LogP contribution >= 0.6 is 15.9 Å². The number of hydrogen-bond acceptors (Lipinski definition) is 3. The van der Waals surface area contributed by atoms with Gasteiger partial charge < -0.3 is 9.64 Å². The van der Waals surface area contributed by atoms with E-state index in [0.29, 0.717) is 24.1 Å². The van der Waals surface area contributed by atoms with Crippen LogP contribution in [-0.4, -0.2) is 38.1 Å². The molecule has 1 heterocycles. The van der Waals surface area contributed by atoms with Crippen molar-refractivity contribution in [3.8, 4) is 5.75 Å². The number of likely N-dealkylation sites (tertiary alicyclic amines) is 1. The lowest BCUT2D eigenvalue weighted by atomic mass is 9.92. The largest absolute Gasteiger partial charge is 0.484 e. The zero-order valence-corrected chi connectivity index (χ0v) is 15.7. The highest BCUT2D eigenvalue weighted by molar-refractivity contribution is 9.10. The van der Waals surface area contributed by atoms with Gasteiger partial charge >= 0.3 is 0 Å². The fourth-order valence-electron chi connectivity index (χ4n) is 3.19. The summed E-state index contributed by atoms with van der Waals surface area (Å²) in [6.45, 7) is 6.66. The Morgan fingerprint density at radius 3 is 2.33 bits per heavy atom. The summed E-state index contributed by atoms with van der Waals surface area (Å²) in [6, 6.07) is 7.19. The van der Waals surface area contributed by atoms with Gasteiger partial charge in [-0.1, -0.05) is 29.8 Å². The molecule has 1 aliphatic heterocycles. The quantitative estimate of drug-likeness (QED) is 0.633. The minimum absolute atomic E-state index is 0.146. The van der Waals surface area contributed by atoms with Crippen molar-refractivity contribution in [3.05, 3.63) is 28.7 Å². The fraction of sp³-hybridized carbons (Fsp3) is 0.529. The van der Waals surface area contributed by atoms with E-state index in [0.717, 1.165) is 17.6 Å². The van der Waals surface area contributed by atoms with E-state index in [1.807, 2.05) is 12.1 Å². The summed E-state index contributed by atoms with van der Waals surface area (Å²) in [5.74, 6) is 1.29. The van der Waals surface area contributed by atoms with Crippen LogP contribution in [0.25, 0.3) is 0 Å². The zero-order chi connectivity index (χ0) is 17.5. The Hall–Kier alpha value is -1.60. The van der Waals surface area contributed by atoms with E-state index in [1.54, 1.807) is 12.1 Å². The van der Waals surface area contributed by atoms with Gasteiger partial charge in [0.2, 0.25) is 0 Å². The average Bonchev–Trinajstić information content (AvgIpc) is 2.51. The van der Waals surface area contributed by atoms with Crippen LogP contribution in [0.1, 0.15) is 20.3 Å². The Balaban J connectivity index is 1.65. The monoisotopic (exact) mass is 398 g/mol. The van der Waals surface area contributed by atoms with Crippen molar-refractivity contribution in [2.24, 2.45) is 11.8 Å². The van der Waals surface area contributed by atoms with Crippen LogP contribution < -0.4 is 20.5 Å². The SMILES string of the molecule is C[C@H]1C[C@H](C)C[NH+](CC(=O)NNC(=O)COc2ccc(Br)cc2)C1. The second-order valence-electron chi connectivity index (χ2n) is 6.62. The molecule has 3 N–H and O–H groups in total. The number of ether oxygens (including phenoxy) is 1. The second kappa shape index (κ2) is 9.03. The van der Waals surface area contributed by atoms with Crippen molar-refractivity contribution in [2.45, 2.75) is 20.3 Å². The number of benzene rings is 1. The lowest BCUT2D eigenvalue weighted by Gasteiger charge is -2.31. The molecule has 1 aromatic rings. The van der Waals surface area contributed by atoms with Gasteiger partial charge in [0.15, 0.2) is 13.2 Å². The maximum absolute atomic E-state index is 11.9. The van der Waals surface area contributed by atoms with E-state index in [2.05, 4.69) is 40.6 Å². The molecule has 1 aliphatic rings. The number of amides is 2. The van der Waals surface area contributed by atoms with Crippen molar-refractivity contribution in [3.63, 3.8) is 0 Å². The number of halogens is 1. The highest BCUT2D eigenvalue weighted by Crippen LogP contribution is 2.15. The predicted octanol–water partition coefficient (Wildman–Crippen LogP) is 0.536. The van der Waals surface area contributed by atoms with Gasteiger partial charge in [0.05, 0.1) is 13.1 Å². The number of rotatable bonds is 5. The van der Waals surface area contributed by atoms with Crippen LogP contribution in [0.4, 0.5) is 0 Å². The summed E-state index contributed by atoms with van der Waals surface area (Å²) in [5.41, 5.74) is 4.85. The number of quaternary nitrogens is 1. The molecule has 0 aliphatic carbocycles. The van der Waals surface area contributed by atoms with Crippen molar-refractivity contribution in [2.75, 3.05) is 26.2 Å². The van der Waals surface area contributed by atoms with Crippen LogP contribution in [0.5, 0.6) is 5.75 Å². The number of piperidine rings is 1. The molecule has 2 rings (SSSR count). The van der Waals surface area contributed by atoms with Gasteiger partial charge in [0.1, 0.15) is 5.75 Å². The molecule has 132 valence electrons. The molecule has 1 fully saturated rings. The molecule has 2 amide bonds. The molecule has 1 saturated heterocycles. The number of carbonyl (C=O) groups excluding carboxylic acids is 2. The van der Waals surface area contributed by atoms with E-state index < -0.39 is 0 Å². The molecule has 6 nitrogen and oxygen atoms in total. The number of nitrogens with one attached hydrogen (secondary N) is 3. The van der Waals surface area contributed by atoms with Gasteiger partial charge in [-0.05, 0) is 30.7 Å². The summed E-state index contributed by atoms with van der Waals surface area (Å²) in [6.07, 6.45) is 1.22. The van der Waals surface area contributed by atoms with E-state index >= 15 is 0 Å². The first-order valence-corrected chi connectivity index (χ1v) is 9.01. The molecular formula is C17H25BrN3O3+. The molecule has 24 heavy (non-hydrogen) atoms. The van der Waals surface area contributed by atoms with E-state index in [4.69, 9.17) is 4.74 Å². The summed E-state index contributed by atoms with van der Waals surface area (Å²) in [7, 11) is 0. The van der Waals surface area contributed by atoms with Crippen LogP contribution in [0.2, 0.25) is 0 Å². The Labute approximate surface area is 151 Å². The van der Waals surface area contributed by atoms with Crippen LogP contribution in [-0.2, 0) is 9.59 Å². The van der Waals surface area contributed by atoms with Gasteiger partial charge in [0, 0.05) is 16.3 Å². The molecule has 0 spiro atoms. The molecule has 7 heteroatoms. The van der Waals surface area contributed by atoms with Crippen molar-refractivity contribution < 1.29 is 19.2 Å². The minimum atomic E-state index is -0.387. The Bertz CT molecular complexity index is 555. The third-order valence-corrected chi connectivity index (χ3v) is 4.54. The summed E-state index contributed by atoms with van der Waals surface area (Å²) in [5, 5.41) is 0. The summed E-state index contributed by atoms with van der Waals surface area (Å²) < 4.78 is 6.28. The van der Waals surface area contributed by atoms with Crippen LogP contribution in [0, 0.1) is 11.8 Å². The fourth-order valence-corrected chi connectivity index (χ4v) is 3.46. The molecule has 0 radical (unpaired) electrons. The standard InChI is InChI=1S/C17H24BrN3O3/c1-12-7-13(2)9-21(8-12)10-16(22)19-20-17(23)11-24-15-5-3-14(18)4-6-15/h3-6,12-13H,7-11H2,1-2H3,(H,19,22)(H,20,23)/p+1/t12-,13-/m0/s1. The first kappa shape index (κ1) is 18.7. The topological polar surface area (TPSA) is 71.9 Å². The minimum Gasteiger partial charge on any atom is -0.484 e. The molecule has 0 bridgehead atoms.